The lowest BCUT2D eigenvalue weighted by atomic mass is 10.1. The zero-order valence-electron chi connectivity index (χ0n) is 11.7. The maximum Gasteiger partial charge on any atom is 0.223 e. The molecule has 1 saturated carbocycles. The van der Waals surface area contributed by atoms with Gasteiger partial charge < -0.3 is 15.8 Å². The van der Waals surface area contributed by atoms with Gasteiger partial charge in [0.15, 0.2) is 0 Å². The topological polar surface area (TPSA) is 64.3 Å². The van der Waals surface area contributed by atoms with E-state index in [-0.39, 0.29) is 30.8 Å². The molecule has 1 aliphatic rings. The molecule has 0 aromatic heterocycles. The second kappa shape index (κ2) is 6.70. The maximum atomic E-state index is 13.4. The molecular weight excluding hydrogens is 259 g/mol. The lowest BCUT2D eigenvalue weighted by molar-refractivity contribution is -0.121. The molecule has 1 fully saturated rings. The number of amides is 1. The summed E-state index contributed by atoms with van der Waals surface area (Å²) in [7, 11) is 0. The summed E-state index contributed by atoms with van der Waals surface area (Å²) in [6.45, 7) is 2.12. The molecule has 1 aromatic rings. The van der Waals surface area contributed by atoms with Crippen LogP contribution in [0, 0.1) is 5.82 Å². The van der Waals surface area contributed by atoms with Crippen molar-refractivity contribution in [3.8, 4) is 5.75 Å². The molecule has 1 amide bonds. The number of halogens is 1. The van der Waals surface area contributed by atoms with Gasteiger partial charge in [-0.25, -0.2) is 4.39 Å². The smallest absolute Gasteiger partial charge is 0.223 e. The van der Waals surface area contributed by atoms with Crippen LogP contribution in [-0.4, -0.2) is 24.6 Å². The lowest BCUT2D eigenvalue weighted by Gasteiger charge is -2.10. The van der Waals surface area contributed by atoms with Crippen LogP contribution in [0.3, 0.4) is 0 Å². The van der Waals surface area contributed by atoms with Gasteiger partial charge in [-0.05, 0) is 43.9 Å². The van der Waals surface area contributed by atoms with Gasteiger partial charge in [0.05, 0.1) is 13.0 Å². The number of rotatable bonds is 7. The minimum Gasteiger partial charge on any atom is -0.493 e. The Morgan fingerprint density at radius 3 is 2.90 bits per heavy atom. The van der Waals surface area contributed by atoms with Crippen molar-refractivity contribution in [1.82, 2.24) is 5.32 Å². The van der Waals surface area contributed by atoms with Gasteiger partial charge in [-0.3, -0.25) is 4.79 Å². The summed E-state index contributed by atoms with van der Waals surface area (Å²) in [4.78, 5) is 11.5. The highest BCUT2D eigenvalue weighted by Gasteiger charge is 2.22. The number of nitrogens with two attached hydrogens (primary N) is 1. The Balaban J connectivity index is 1.81. The molecule has 5 heteroatoms. The molecule has 4 nitrogen and oxygen atoms in total. The molecule has 20 heavy (non-hydrogen) atoms. The predicted octanol–water partition coefficient (Wildman–Crippen LogP) is 1.76. The third kappa shape index (κ3) is 5.17. The number of hydrogen-bond donors (Lipinski definition) is 2. The van der Waals surface area contributed by atoms with Gasteiger partial charge in [-0.1, -0.05) is 0 Å². The monoisotopic (exact) mass is 280 g/mol. The average Bonchev–Trinajstić information content (AvgIpc) is 3.11. The summed E-state index contributed by atoms with van der Waals surface area (Å²) in [5, 5.41) is 2.88. The summed E-state index contributed by atoms with van der Waals surface area (Å²) in [5.74, 6) is 0.0835. The molecule has 0 heterocycles. The standard InChI is InChI=1S/C15H21FN2O2/c1-10(17)6-11-7-12(16)9-14(8-11)20-5-4-15(19)18-13-2-3-13/h7-10,13H,2-6,17H2,1H3,(H,18,19). The summed E-state index contributed by atoms with van der Waals surface area (Å²) in [5.41, 5.74) is 6.50. The van der Waals surface area contributed by atoms with Gasteiger partial charge in [0.25, 0.3) is 0 Å². The van der Waals surface area contributed by atoms with E-state index in [1.54, 1.807) is 6.07 Å². The van der Waals surface area contributed by atoms with Crippen molar-refractivity contribution in [2.24, 2.45) is 5.73 Å². The minimum atomic E-state index is -0.347. The third-order valence-electron chi connectivity index (χ3n) is 3.03. The largest absolute Gasteiger partial charge is 0.493 e. The summed E-state index contributed by atoms with van der Waals surface area (Å²) in [6, 6.07) is 4.87. The maximum absolute atomic E-state index is 13.4. The Hall–Kier alpha value is -1.62. The highest BCUT2D eigenvalue weighted by molar-refractivity contribution is 5.76. The molecule has 1 atom stereocenters. The van der Waals surface area contributed by atoms with Crippen LogP contribution >= 0.6 is 0 Å². The first kappa shape index (κ1) is 14.8. The van der Waals surface area contributed by atoms with E-state index in [1.165, 1.54) is 12.1 Å². The molecule has 3 N–H and O–H groups in total. The van der Waals surface area contributed by atoms with Crippen LogP contribution in [0.25, 0.3) is 0 Å². The number of carbonyl (C=O) groups is 1. The van der Waals surface area contributed by atoms with Gasteiger partial charge in [0, 0.05) is 18.2 Å². The van der Waals surface area contributed by atoms with Gasteiger partial charge in [0.2, 0.25) is 5.91 Å². The molecule has 2 rings (SSSR count). The predicted molar refractivity (Wildman–Crippen MR) is 75.0 cm³/mol. The second-order valence-electron chi connectivity index (χ2n) is 5.42. The molecule has 0 bridgehead atoms. The van der Waals surface area contributed by atoms with Crippen LogP contribution < -0.4 is 15.8 Å². The molecule has 1 unspecified atom stereocenters. The van der Waals surface area contributed by atoms with Crippen molar-refractivity contribution in [3.63, 3.8) is 0 Å². The van der Waals surface area contributed by atoms with E-state index in [0.29, 0.717) is 18.2 Å². The molecular formula is C15H21FN2O2. The third-order valence-corrected chi connectivity index (χ3v) is 3.03. The normalized spacial score (nSPS) is 15.8. The van der Waals surface area contributed by atoms with E-state index in [2.05, 4.69) is 5.32 Å². The van der Waals surface area contributed by atoms with Crippen LogP contribution in [0.15, 0.2) is 18.2 Å². The van der Waals surface area contributed by atoms with Crippen LogP contribution in [0.1, 0.15) is 31.7 Å². The van der Waals surface area contributed by atoms with Crippen LogP contribution in [0.4, 0.5) is 4.39 Å². The van der Waals surface area contributed by atoms with Crippen LogP contribution in [-0.2, 0) is 11.2 Å². The zero-order chi connectivity index (χ0) is 14.5. The van der Waals surface area contributed by atoms with Crippen molar-refractivity contribution in [1.29, 1.82) is 0 Å². The molecule has 1 aliphatic carbocycles. The Labute approximate surface area is 118 Å². The number of ether oxygens (including phenoxy) is 1. The summed E-state index contributed by atoms with van der Waals surface area (Å²) in [6.07, 6.45) is 3.01. The fourth-order valence-corrected chi connectivity index (χ4v) is 1.98. The molecule has 1 aromatic carbocycles. The minimum absolute atomic E-state index is 0.0142. The average molecular weight is 280 g/mol. The number of nitrogens with one attached hydrogen (secondary N) is 1. The molecule has 0 aliphatic heterocycles. The second-order valence-corrected chi connectivity index (χ2v) is 5.42. The van der Waals surface area contributed by atoms with E-state index in [4.69, 9.17) is 10.5 Å². The van der Waals surface area contributed by atoms with E-state index >= 15 is 0 Å². The van der Waals surface area contributed by atoms with Gasteiger partial charge in [-0.2, -0.15) is 0 Å². The van der Waals surface area contributed by atoms with Crippen molar-refractivity contribution < 1.29 is 13.9 Å². The van der Waals surface area contributed by atoms with Gasteiger partial charge in [0.1, 0.15) is 11.6 Å². The SMILES string of the molecule is CC(N)Cc1cc(F)cc(OCCC(=O)NC2CC2)c1. The van der Waals surface area contributed by atoms with Crippen molar-refractivity contribution in [2.45, 2.75) is 44.7 Å². The van der Waals surface area contributed by atoms with Crippen molar-refractivity contribution in [2.75, 3.05) is 6.61 Å². The molecule has 0 spiro atoms. The van der Waals surface area contributed by atoms with E-state index in [9.17, 15) is 9.18 Å². The number of carbonyl (C=O) groups excluding carboxylic acids is 1. The van der Waals surface area contributed by atoms with Crippen LogP contribution in [0.5, 0.6) is 5.75 Å². The Kier molecular flexibility index (Phi) is 4.95. The van der Waals surface area contributed by atoms with E-state index in [1.807, 2.05) is 6.92 Å². The Morgan fingerprint density at radius 2 is 2.25 bits per heavy atom. The van der Waals surface area contributed by atoms with E-state index in [0.717, 1.165) is 18.4 Å². The Bertz CT molecular complexity index is 473. The number of hydrogen-bond acceptors (Lipinski definition) is 3. The zero-order valence-corrected chi connectivity index (χ0v) is 11.7. The van der Waals surface area contributed by atoms with E-state index < -0.39 is 0 Å². The molecule has 110 valence electrons. The lowest BCUT2D eigenvalue weighted by Crippen LogP contribution is -2.26. The van der Waals surface area contributed by atoms with Crippen molar-refractivity contribution >= 4 is 5.91 Å². The fourth-order valence-electron chi connectivity index (χ4n) is 1.98. The fraction of sp³-hybridized carbons (Fsp3) is 0.533. The quantitative estimate of drug-likeness (QED) is 0.800. The number of benzene rings is 1. The summed E-state index contributed by atoms with van der Waals surface area (Å²) < 4.78 is 18.9. The highest BCUT2D eigenvalue weighted by Crippen LogP contribution is 2.19. The van der Waals surface area contributed by atoms with Crippen LogP contribution in [0.2, 0.25) is 0 Å². The molecule has 0 radical (unpaired) electrons. The highest BCUT2D eigenvalue weighted by atomic mass is 19.1. The first-order valence-corrected chi connectivity index (χ1v) is 7.00. The first-order chi connectivity index (χ1) is 9.52. The van der Waals surface area contributed by atoms with Gasteiger partial charge in [-0.15, -0.1) is 0 Å². The van der Waals surface area contributed by atoms with Crippen molar-refractivity contribution in [3.05, 3.63) is 29.6 Å². The Morgan fingerprint density at radius 1 is 1.50 bits per heavy atom. The first-order valence-electron chi connectivity index (χ1n) is 7.00. The van der Waals surface area contributed by atoms with Gasteiger partial charge >= 0.3 is 0 Å². The summed E-state index contributed by atoms with van der Waals surface area (Å²) >= 11 is 0. The molecule has 0 saturated heterocycles.